The standard InChI is InChI=1S/C12H18N2O3/c13-11(12(16)17)9-14(6-7-15)8-10-4-2-1-3-5-10/h1-5,11,15H,6-9,13H2,(H,16,17). The quantitative estimate of drug-likeness (QED) is 0.617. The summed E-state index contributed by atoms with van der Waals surface area (Å²) in [4.78, 5) is 12.5. The molecule has 1 unspecified atom stereocenters. The third kappa shape index (κ3) is 4.95. The summed E-state index contributed by atoms with van der Waals surface area (Å²) in [6.45, 7) is 1.21. The summed E-state index contributed by atoms with van der Waals surface area (Å²) in [6.07, 6.45) is 0. The molecule has 1 aromatic carbocycles. The molecule has 0 fully saturated rings. The molecule has 0 heterocycles. The third-order valence-electron chi connectivity index (χ3n) is 2.44. The molecule has 0 radical (unpaired) electrons. The summed E-state index contributed by atoms with van der Waals surface area (Å²) in [7, 11) is 0. The van der Waals surface area contributed by atoms with Gasteiger partial charge in [0.15, 0.2) is 0 Å². The van der Waals surface area contributed by atoms with E-state index in [1.54, 1.807) is 0 Å². The van der Waals surface area contributed by atoms with Gasteiger partial charge in [0.25, 0.3) is 0 Å². The number of aliphatic hydroxyl groups excluding tert-OH is 1. The van der Waals surface area contributed by atoms with Crippen LogP contribution in [-0.2, 0) is 11.3 Å². The molecule has 5 heteroatoms. The molecule has 0 saturated carbocycles. The van der Waals surface area contributed by atoms with E-state index in [9.17, 15) is 4.79 Å². The number of nitrogens with zero attached hydrogens (tertiary/aromatic N) is 1. The summed E-state index contributed by atoms with van der Waals surface area (Å²) in [6, 6.07) is 8.74. The van der Waals surface area contributed by atoms with E-state index in [2.05, 4.69) is 0 Å². The van der Waals surface area contributed by atoms with Gasteiger partial charge in [-0.15, -0.1) is 0 Å². The molecular formula is C12H18N2O3. The van der Waals surface area contributed by atoms with Crippen LogP contribution in [-0.4, -0.2) is 46.8 Å². The minimum atomic E-state index is -1.03. The molecule has 0 aliphatic rings. The van der Waals surface area contributed by atoms with Crippen LogP contribution in [0.3, 0.4) is 0 Å². The van der Waals surface area contributed by atoms with Crippen molar-refractivity contribution >= 4 is 5.97 Å². The highest BCUT2D eigenvalue weighted by Gasteiger charge is 2.16. The Labute approximate surface area is 100 Å². The number of benzene rings is 1. The molecule has 5 nitrogen and oxygen atoms in total. The van der Waals surface area contributed by atoms with Crippen molar-refractivity contribution in [2.45, 2.75) is 12.6 Å². The largest absolute Gasteiger partial charge is 0.480 e. The molecule has 17 heavy (non-hydrogen) atoms. The smallest absolute Gasteiger partial charge is 0.321 e. The summed E-state index contributed by atoms with van der Waals surface area (Å²) in [5.74, 6) is -1.03. The highest BCUT2D eigenvalue weighted by atomic mass is 16.4. The summed E-state index contributed by atoms with van der Waals surface area (Å²) in [5.41, 5.74) is 6.55. The first-order valence-corrected chi connectivity index (χ1v) is 5.49. The van der Waals surface area contributed by atoms with Crippen molar-refractivity contribution < 1.29 is 15.0 Å². The Bertz CT molecular complexity index is 343. The number of carbonyl (C=O) groups is 1. The van der Waals surface area contributed by atoms with Crippen LogP contribution < -0.4 is 5.73 Å². The lowest BCUT2D eigenvalue weighted by Gasteiger charge is -2.23. The SMILES string of the molecule is NC(CN(CCO)Cc1ccccc1)C(=O)O. The third-order valence-corrected chi connectivity index (χ3v) is 2.44. The predicted octanol–water partition coefficient (Wildman–Crippen LogP) is -0.107. The van der Waals surface area contributed by atoms with Crippen LogP contribution in [0.15, 0.2) is 30.3 Å². The highest BCUT2D eigenvalue weighted by molar-refractivity contribution is 5.73. The fourth-order valence-corrected chi connectivity index (χ4v) is 1.57. The zero-order valence-electron chi connectivity index (χ0n) is 9.62. The highest BCUT2D eigenvalue weighted by Crippen LogP contribution is 2.04. The Morgan fingerprint density at radius 1 is 1.35 bits per heavy atom. The van der Waals surface area contributed by atoms with Gasteiger partial charge in [-0.1, -0.05) is 30.3 Å². The van der Waals surface area contributed by atoms with Gasteiger partial charge in [0.05, 0.1) is 6.61 Å². The van der Waals surface area contributed by atoms with Crippen molar-refractivity contribution in [1.29, 1.82) is 0 Å². The number of hydrogen-bond acceptors (Lipinski definition) is 4. The number of aliphatic hydroxyl groups is 1. The topological polar surface area (TPSA) is 86.8 Å². The first kappa shape index (κ1) is 13.6. The first-order chi connectivity index (χ1) is 8.13. The molecule has 0 aliphatic heterocycles. The van der Waals surface area contributed by atoms with E-state index in [1.165, 1.54) is 0 Å². The van der Waals surface area contributed by atoms with Crippen LogP contribution in [0, 0.1) is 0 Å². The van der Waals surface area contributed by atoms with Crippen LogP contribution in [0.1, 0.15) is 5.56 Å². The monoisotopic (exact) mass is 238 g/mol. The second-order valence-electron chi connectivity index (χ2n) is 3.89. The van der Waals surface area contributed by atoms with Gasteiger partial charge in [-0.05, 0) is 5.56 Å². The second-order valence-corrected chi connectivity index (χ2v) is 3.89. The van der Waals surface area contributed by atoms with Gasteiger partial charge in [0.2, 0.25) is 0 Å². The zero-order chi connectivity index (χ0) is 12.7. The lowest BCUT2D eigenvalue weighted by Crippen LogP contribution is -2.43. The predicted molar refractivity (Wildman–Crippen MR) is 64.4 cm³/mol. The Balaban J connectivity index is 2.57. The van der Waals surface area contributed by atoms with Crippen molar-refractivity contribution in [3.05, 3.63) is 35.9 Å². The van der Waals surface area contributed by atoms with Crippen LogP contribution in [0.2, 0.25) is 0 Å². The van der Waals surface area contributed by atoms with E-state index in [1.807, 2.05) is 35.2 Å². The maximum atomic E-state index is 10.7. The molecule has 1 atom stereocenters. The zero-order valence-corrected chi connectivity index (χ0v) is 9.62. The number of carboxylic acids is 1. The average molecular weight is 238 g/mol. The fraction of sp³-hybridized carbons (Fsp3) is 0.417. The molecule has 0 aliphatic carbocycles. The minimum Gasteiger partial charge on any atom is -0.480 e. The molecule has 4 N–H and O–H groups in total. The molecule has 1 aromatic rings. The van der Waals surface area contributed by atoms with Crippen molar-refractivity contribution in [1.82, 2.24) is 4.90 Å². The van der Waals surface area contributed by atoms with Gasteiger partial charge in [-0.2, -0.15) is 0 Å². The molecule has 0 amide bonds. The number of rotatable bonds is 7. The molecular weight excluding hydrogens is 220 g/mol. The number of hydrogen-bond donors (Lipinski definition) is 3. The number of nitrogens with two attached hydrogens (primary N) is 1. The second kappa shape index (κ2) is 7.01. The minimum absolute atomic E-state index is 0.0147. The van der Waals surface area contributed by atoms with Crippen LogP contribution in [0.4, 0.5) is 0 Å². The molecule has 0 aromatic heterocycles. The van der Waals surface area contributed by atoms with Gasteiger partial charge < -0.3 is 15.9 Å². The lowest BCUT2D eigenvalue weighted by atomic mass is 10.2. The maximum absolute atomic E-state index is 10.7. The normalized spacial score (nSPS) is 12.6. The molecule has 1 rings (SSSR count). The van der Waals surface area contributed by atoms with Gasteiger partial charge in [0, 0.05) is 19.6 Å². The van der Waals surface area contributed by atoms with Crippen LogP contribution in [0.25, 0.3) is 0 Å². The van der Waals surface area contributed by atoms with E-state index in [4.69, 9.17) is 15.9 Å². The van der Waals surface area contributed by atoms with E-state index < -0.39 is 12.0 Å². The lowest BCUT2D eigenvalue weighted by molar-refractivity contribution is -0.139. The van der Waals surface area contributed by atoms with E-state index in [-0.39, 0.29) is 13.2 Å². The van der Waals surface area contributed by atoms with E-state index in [0.717, 1.165) is 5.56 Å². The van der Waals surface area contributed by atoms with Crippen molar-refractivity contribution in [3.8, 4) is 0 Å². The number of carboxylic acid groups (broad SMARTS) is 1. The number of aliphatic carboxylic acids is 1. The van der Waals surface area contributed by atoms with Gasteiger partial charge >= 0.3 is 5.97 Å². The van der Waals surface area contributed by atoms with Gasteiger partial charge in [-0.25, -0.2) is 0 Å². The fourth-order valence-electron chi connectivity index (χ4n) is 1.57. The maximum Gasteiger partial charge on any atom is 0.321 e. The molecule has 0 bridgehead atoms. The average Bonchev–Trinajstić information content (AvgIpc) is 2.30. The van der Waals surface area contributed by atoms with Crippen LogP contribution >= 0.6 is 0 Å². The molecule has 0 spiro atoms. The van der Waals surface area contributed by atoms with Crippen molar-refractivity contribution in [2.24, 2.45) is 5.73 Å². The first-order valence-electron chi connectivity index (χ1n) is 5.49. The van der Waals surface area contributed by atoms with Crippen molar-refractivity contribution in [3.63, 3.8) is 0 Å². The molecule has 0 saturated heterocycles. The van der Waals surface area contributed by atoms with Crippen LogP contribution in [0.5, 0.6) is 0 Å². The summed E-state index contributed by atoms with van der Waals surface area (Å²) in [5, 5.41) is 17.7. The Morgan fingerprint density at radius 2 is 2.00 bits per heavy atom. The van der Waals surface area contributed by atoms with E-state index in [0.29, 0.717) is 13.1 Å². The van der Waals surface area contributed by atoms with Gasteiger partial charge in [-0.3, -0.25) is 9.69 Å². The Kier molecular flexibility index (Phi) is 5.62. The molecule has 94 valence electrons. The van der Waals surface area contributed by atoms with Crippen molar-refractivity contribution in [2.75, 3.05) is 19.7 Å². The Hall–Kier alpha value is -1.43. The summed E-state index contributed by atoms with van der Waals surface area (Å²) >= 11 is 0. The van der Waals surface area contributed by atoms with E-state index >= 15 is 0 Å². The Morgan fingerprint density at radius 3 is 2.53 bits per heavy atom. The summed E-state index contributed by atoms with van der Waals surface area (Å²) < 4.78 is 0. The van der Waals surface area contributed by atoms with Gasteiger partial charge in [0.1, 0.15) is 6.04 Å².